The zero-order chi connectivity index (χ0) is 14.4. The fraction of sp³-hybridized carbons (Fsp3) is 0.455. The van der Waals surface area contributed by atoms with Gasteiger partial charge in [-0.15, -0.1) is 0 Å². The van der Waals surface area contributed by atoms with Crippen molar-refractivity contribution in [2.45, 2.75) is 23.8 Å². The van der Waals surface area contributed by atoms with E-state index in [1.54, 1.807) is 0 Å². The van der Waals surface area contributed by atoms with Gasteiger partial charge in [-0.1, -0.05) is 11.6 Å². The van der Waals surface area contributed by atoms with Crippen molar-refractivity contribution < 1.29 is 17.9 Å². The monoisotopic (exact) mass is 308 g/mol. The lowest BCUT2D eigenvalue weighted by molar-refractivity contribution is 0.0762. The number of aliphatic hydroxyl groups is 1. The molecule has 1 aliphatic rings. The molecule has 1 atom stereocenters. The minimum Gasteiger partial charge on any atom is -0.399 e. The van der Waals surface area contributed by atoms with Crippen molar-refractivity contribution in [1.82, 2.24) is 4.31 Å². The van der Waals surface area contributed by atoms with Crippen molar-refractivity contribution in [1.29, 1.82) is 0 Å². The van der Waals surface area contributed by atoms with Gasteiger partial charge >= 0.3 is 0 Å². The van der Waals surface area contributed by atoms with E-state index in [2.05, 4.69) is 0 Å². The summed E-state index contributed by atoms with van der Waals surface area (Å²) in [6.07, 6.45) is 0.296. The van der Waals surface area contributed by atoms with Crippen molar-refractivity contribution in [3.63, 3.8) is 0 Å². The van der Waals surface area contributed by atoms with Crippen LogP contribution in [0.1, 0.15) is 13.3 Å². The number of nitrogens with two attached hydrogens (primary N) is 1. The van der Waals surface area contributed by atoms with E-state index < -0.39 is 26.3 Å². The Labute approximate surface area is 115 Å². The topological polar surface area (TPSA) is 83.6 Å². The summed E-state index contributed by atoms with van der Waals surface area (Å²) >= 11 is 5.60. The van der Waals surface area contributed by atoms with Crippen LogP contribution in [0.2, 0.25) is 5.02 Å². The Hall–Kier alpha value is -0.890. The molecule has 1 aromatic carbocycles. The molecule has 19 heavy (non-hydrogen) atoms. The highest BCUT2D eigenvalue weighted by Gasteiger charge is 2.39. The number of anilines is 1. The summed E-state index contributed by atoms with van der Waals surface area (Å²) in [6.45, 7) is 1.58. The second kappa shape index (κ2) is 4.59. The molecule has 106 valence electrons. The Morgan fingerprint density at radius 2 is 2.16 bits per heavy atom. The molecule has 5 nitrogen and oxygen atoms in total. The third kappa shape index (κ3) is 2.69. The zero-order valence-electron chi connectivity index (χ0n) is 10.2. The first-order valence-corrected chi connectivity index (χ1v) is 7.42. The van der Waals surface area contributed by atoms with Gasteiger partial charge in [-0.2, -0.15) is 4.31 Å². The van der Waals surface area contributed by atoms with E-state index in [1.807, 2.05) is 0 Å². The van der Waals surface area contributed by atoms with Gasteiger partial charge in [0, 0.05) is 18.8 Å². The van der Waals surface area contributed by atoms with E-state index in [1.165, 1.54) is 6.92 Å². The Morgan fingerprint density at radius 3 is 2.68 bits per heavy atom. The molecule has 0 saturated carbocycles. The van der Waals surface area contributed by atoms with Crippen LogP contribution in [0.25, 0.3) is 0 Å². The number of halogens is 2. The average Bonchev–Trinajstić information content (AvgIpc) is 2.64. The number of β-amino-alcohol motifs (C(OH)–C–C–N with tert-alkyl or cyclic N) is 1. The van der Waals surface area contributed by atoms with Crippen LogP contribution in [0, 0.1) is 5.82 Å². The molecule has 0 spiro atoms. The van der Waals surface area contributed by atoms with Crippen molar-refractivity contribution in [2.75, 3.05) is 18.8 Å². The van der Waals surface area contributed by atoms with Crippen molar-refractivity contribution >= 4 is 27.3 Å². The molecule has 0 radical (unpaired) electrons. The lowest BCUT2D eigenvalue weighted by Gasteiger charge is -2.19. The lowest BCUT2D eigenvalue weighted by atomic mass is 10.1. The van der Waals surface area contributed by atoms with Gasteiger partial charge in [0.2, 0.25) is 10.0 Å². The summed E-state index contributed by atoms with van der Waals surface area (Å²) in [4.78, 5) is -0.560. The van der Waals surface area contributed by atoms with Gasteiger partial charge in [0.25, 0.3) is 0 Å². The zero-order valence-corrected chi connectivity index (χ0v) is 11.8. The van der Waals surface area contributed by atoms with E-state index in [0.29, 0.717) is 6.42 Å². The fourth-order valence-corrected chi connectivity index (χ4v) is 3.98. The summed E-state index contributed by atoms with van der Waals surface area (Å²) in [5, 5.41) is 9.46. The number of nitrogens with zero attached hydrogens (tertiary/aromatic N) is 1. The molecule has 1 unspecified atom stereocenters. The SMILES string of the molecule is CC1(O)CCN(S(=O)(=O)c2cc(N)cc(Cl)c2F)C1. The molecule has 1 heterocycles. The number of nitrogen functional groups attached to an aromatic ring is 1. The Morgan fingerprint density at radius 1 is 1.53 bits per heavy atom. The maximum atomic E-state index is 13.9. The van der Waals surface area contributed by atoms with Crippen molar-refractivity contribution in [3.8, 4) is 0 Å². The average molecular weight is 309 g/mol. The minimum atomic E-state index is -4.05. The second-order valence-electron chi connectivity index (χ2n) is 4.90. The number of hydrogen-bond donors (Lipinski definition) is 2. The molecule has 3 N–H and O–H groups in total. The molecular weight excluding hydrogens is 295 g/mol. The number of benzene rings is 1. The van der Waals surface area contributed by atoms with Crippen LogP contribution in [0.3, 0.4) is 0 Å². The molecule has 1 saturated heterocycles. The first kappa shape index (κ1) is 14.5. The third-order valence-electron chi connectivity index (χ3n) is 3.05. The molecule has 0 bridgehead atoms. The quantitative estimate of drug-likeness (QED) is 0.804. The lowest BCUT2D eigenvalue weighted by Crippen LogP contribution is -2.34. The molecular formula is C11H14ClFN2O3S. The first-order valence-electron chi connectivity index (χ1n) is 5.60. The van der Waals surface area contributed by atoms with Crippen LogP contribution >= 0.6 is 11.6 Å². The van der Waals surface area contributed by atoms with E-state index >= 15 is 0 Å². The van der Waals surface area contributed by atoms with Gasteiger partial charge in [-0.25, -0.2) is 12.8 Å². The number of sulfonamides is 1. The molecule has 2 rings (SSSR count). The predicted molar refractivity (Wildman–Crippen MR) is 69.8 cm³/mol. The van der Waals surface area contributed by atoms with E-state index in [9.17, 15) is 17.9 Å². The molecule has 1 aromatic rings. The highest BCUT2D eigenvalue weighted by atomic mass is 35.5. The van der Waals surface area contributed by atoms with Crippen LogP contribution in [0.4, 0.5) is 10.1 Å². The van der Waals surface area contributed by atoms with Crippen LogP contribution in [0.5, 0.6) is 0 Å². The van der Waals surface area contributed by atoms with Crippen molar-refractivity contribution in [3.05, 3.63) is 23.0 Å². The fourth-order valence-electron chi connectivity index (χ4n) is 2.02. The molecule has 1 fully saturated rings. The molecule has 0 aromatic heterocycles. The van der Waals surface area contributed by atoms with Gasteiger partial charge in [0.15, 0.2) is 5.82 Å². The van der Waals surface area contributed by atoms with Crippen LogP contribution in [0.15, 0.2) is 17.0 Å². The normalized spacial score (nSPS) is 24.8. The van der Waals surface area contributed by atoms with Crippen LogP contribution in [-0.2, 0) is 10.0 Å². The number of rotatable bonds is 2. The highest BCUT2D eigenvalue weighted by Crippen LogP contribution is 2.31. The largest absolute Gasteiger partial charge is 0.399 e. The van der Waals surface area contributed by atoms with Gasteiger partial charge < -0.3 is 10.8 Å². The summed E-state index contributed by atoms with van der Waals surface area (Å²) < 4.78 is 39.5. The van der Waals surface area contributed by atoms with E-state index in [0.717, 1.165) is 16.4 Å². The molecule has 8 heteroatoms. The molecule has 0 aliphatic carbocycles. The van der Waals surface area contributed by atoms with Gasteiger partial charge in [0.05, 0.1) is 10.6 Å². The summed E-state index contributed by atoms with van der Waals surface area (Å²) in [6, 6.07) is 2.18. The molecule has 1 aliphatic heterocycles. The maximum Gasteiger partial charge on any atom is 0.246 e. The minimum absolute atomic E-state index is 0.0657. The third-order valence-corrected chi connectivity index (χ3v) is 5.17. The number of hydrogen-bond acceptors (Lipinski definition) is 4. The molecule has 0 amide bonds. The van der Waals surface area contributed by atoms with Gasteiger partial charge in [-0.05, 0) is 25.5 Å². The Kier molecular flexibility index (Phi) is 3.51. The summed E-state index contributed by atoms with van der Waals surface area (Å²) in [5.74, 6) is -1.03. The summed E-state index contributed by atoms with van der Waals surface area (Å²) in [7, 11) is -4.05. The Bertz CT molecular complexity index is 619. The van der Waals surface area contributed by atoms with Crippen LogP contribution < -0.4 is 5.73 Å². The van der Waals surface area contributed by atoms with Gasteiger partial charge in [0.1, 0.15) is 4.90 Å². The first-order chi connectivity index (χ1) is 8.63. The van der Waals surface area contributed by atoms with E-state index in [-0.39, 0.29) is 23.8 Å². The van der Waals surface area contributed by atoms with Gasteiger partial charge in [-0.3, -0.25) is 0 Å². The Balaban J connectivity index is 2.47. The highest BCUT2D eigenvalue weighted by molar-refractivity contribution is 7.89. The van der Waals surface area contributed by atoms with Crippen molar-refractivity contribution in [2.24, 2.45) is 0 Å². The van der Waals surface area contributed by atoms with E-state index in [4.69, 9.17) is 17.3 Å². The summed E-state index contributed by atoms with van der Waals surface area (Å²) in [5.41, 5.74) is 4.46. The maximum absolute atomic E-state index is 13.9. The van der Waals surface area contributed by atoms with Crippen LogP contribution in [-0.4, -0.2) is 36.5 Å². The predicted octanol–water partition coefficient (Wildman–Crippen LogP) is 1.21. The second-order valence-corrected chi connectivity index (χ2v) is 7.21. The smallest absolute Gasteiger partial charge is 0.246 e. The standard InChI is InChI=1S/C11H14ClFN2O3S/c1-11(16)2-3-15(6-11)19(17,18)9-5-7(14)4-8(12)10(9)13/h4-5,16H,2-3,6,14H2,1H3.